The van der Waals surface area contributed by atoms with Crippen molar-refractivity contribution >= 4 is 11.7 Å². The molecule has 7 heteroatoms. The fourth-order valence-electron chi connectivity index (χ4n) is 3.02. The molecule has 2 amide bonds. The van der Waals surface area contributed by atoms with Crippen LogP contribution in [0, 0.1) is 10.1 Å². The topological polar surface area (TPSA) is 78.7 Å². The van der Waals surface area contributed by atoms with Crippen molar-refractivity contribution in [2.75, 3.05) is 26.2 Å². The maximum atomic E-state index is 12.3. The van der Waals surface area contributed by atoms with Gasteiger partial charge in [-0.2, -0.15) is 0 Å². The van der Waals surface area contributed by atoms with Crippen molar-refractivity contribution in [3.05, 3.63) is 75.8 Å². The summed E-state index contributed by atoms with van der Waals surface area (Å²) in [4.78, 5) is 26.8. The van der Waals surface area contributed by atoms with E-state index < -0.39 is 0 Å². The summed E-state index contributed by atoms with van der Waals surface area (Å²) >= 11 is 0. The Morgan fingerprint density at radius 1 is 1.00 bits per heavy atom. The zero-order valence-corrected chi connectivity index (χ0v) is 14.5. The van der Waals surface area contributed by atoms with Gasteiger partial charge in [0.15, 0.2) is 0 Å². The van der Waals surface area contributed by atoms with E-state index in [0.29, 0.717) is 26.2 Å². The normalized spacial score (nSPS) is 14.8. The van der Waals surface area contributed by atoms with Crippen LogP contribution in [0.2, 0.25) is 0 Å². The van der Waals surface area contributed by atoms with E-state index >= 15 is 0 Å². The van der Waals surface area contributed by atoms with Crippen LogP contribution >= 0.6 is 0 Å². The number of nitro benzene ring substituents is 1. The largest absolute Gasteiger partial charge is 0.334 e. The molecule has 3 rings (SSSR count). The number of hydrogen-bond donors (Lipinski definition) is 1. The lowest BCUT2D eigenvalue weighted by Gasteiger charge is -2.34. The van der Waals surface area contributed by atoms with E-state index in [2.05, 4.69) is 10.2 Å². The number of rotatable bonds is 5. The SMILES string of the molecule is O=C(NCc1ccccc1)N1CCN(Cc2cccc([N+](=O)[O-])c2)CC1. The number of nitrogens with zero attached hydrogens (tertiary/aromatic N) is 3. The van der Waals surface area contributed by atoms with Crippen molar-refractivity contribution in [3.8, 4) is 0 Å². The van der Waals surface area contributed by atoms with Gasteiger partial charge in [0, 0.05) is 51.4 Å². The van der Waals surface area contributed by atoms with Crippen LogP contribution < -0.4 is 5.32 Å². The van der Waals surface area contributed by atoms with E-state index in [0.717, 1.165) is 24.2 Å². The molecule has 1 saturated heterocycles. The van der Waals surface area contributed by atoms with Crippen molar-refractivity contribution in [2.45, 2.75) is 13.1 Å². The van der Waals surface area contributed by atoms with Crippen molar-refractivity contribution < 1.29 is 9.72 Å². The van der Waals surface area contributed by atoms with E-state index in [1.807, 2.05) is 41.3 Å². The van der Waals surface area contributed by atoms with Gasteiger partial charge in [-0.05, 0) is 11.1 Å². The zero-order valence-electron chi connectivity index (χ0n) is 14.5. The Labute approximate surface area is 152 Å². The lowest BCUT2D eigenvalue weighted by atomic mass is 10.2. The van der Waals surface area contributed by atoms with Gasteiger partial charge in [-0.3, -0.25) is 15.0 Å². The average Bonchev–Trinajstić information content (AvgIpc) is 2.68. The molecule has 1 aliphatic rings. The van der Waals surface area contributed by atoms with Crippen molar-refractivity contribution in [1.29, 1.82) is 0 Å². The molecule has 0 atom stereocenters. The first-order valence-corrected chi connectivity index (χ1v) is 8.64. The Hall–Kier alpha value is -2.93. The van der Waals surface area contributed by atoms with Gasteiger partial charge in [0.1, 0.15) is 0 Å². The van der Waals surface area contributed by atoms with Crippen molar-refractivity contribution in [3.63, 3.8) is 0 Å². The fraction of sp³-hybridized carbons (Fsp3) is 0.316. The third kappa shape index (κ3) is 4.80. The van der Waals surface area contributed by atoms with E-state index in [1.54, 1.807) is 12.1 Å². The number of hydrogen-bond acceptors (Lipinski definition) is 4. The molecular weight excluding hydrogens is 332 g/mol. The summed E-state index contributed by atoms with van der Waals surface area (Å²) in [7, 11) is 0. The second-order valence-electron chi connectivity index (χ2n) is 6.33. The molecule has 0 bridgehead atoms. The molecule has 7 nitrogen and oxygen atoms in total. The maximum Gasteiger partial charge on any atom is 0.317 e. The van der Waals surface area contributed by atoms with E-state index in [4.69, 9.17) is 0 Å². The van der Waals surface area contributed by atoms with Crippen LogP contribution in [0.1, 0.15) is 11.1 Å². The predicted molar refractivity (Wildman–Crippen MR) is 98.6 cm³/mol. The van der Waals surface area contributed by atoms with Gasteiger partial charge in [0.25, 0.3) is 5.69 Å². The molecular formula is C19H22N4O3. The number of carbonyl (C=O) groups is 1. The minimum Gasteiger partial charge on any atom is -0.334 e. The molecule has 1 heterocycles. The molecule has 0 radical (unpaired) electrons. The minimum atomic E-state index is -0.376. The van der Waals surface area contributed by atoms with E-state index in [-0.39, 0.29) is 16.6 Å². The minimum absolute atomic E-state index is 0.0520. The van der Waals surface area contributed by atoms with Crippen LogP contribution in [0.5, 0.6) is 0 Å². The number of urea groups is 1. The third-order valence-electron chi connectivity index (χ3n) is 4.47. The third-order valence-corrected chi connectivity index (χ3v) is 4.47. The molecule has 0 unspecified atom stereocenters. The Bertz CT molecular complexity index is 758. The van der Waals surface area contributed by atoms with Gasteiger partial charge < -0.3 is 10.2 Å². The lowest BCUT2D eigenvalue weighted by Crippen LogP contribution is -2.51. The zero-order chi connectivity index (χ0) is 18.4. The highest BCUT2D eigenvalue weighted by molar-refractivity contribution is 5.74. The maximum absolute atomic E-state index is 12.3. The number of nitrogens with one attached hydrogen (secondary N) is 1. The highest BCUT2D eigenvalue weighted by Crippen LogP contribution is 2.15. The highest BCUT2D eigenvalue weighted by atomic mass is 16.6. The van der Waals surface area contributed by atoms with Crippen LogP contribution in [0.25, 0.3) is 0 Å². The number of benzene rings is 2. The van der Waals surface area contributed by atoms with Gasteiger partial charge in [0.2, 0.25) is 0 Å². The van der Waals surface area contributed by atoms with Gasteiger partial charge in [0.05, 0.1) is 4.92 Å². The first-order valence-electron chi connectivity index (χ1n) is 8.64. The molecule has 136 valence electrons. The molecule has 0 aromatic heterocycles. The van der Waals surface area contributed by atoms with Gasteiger partial charge in [-0.25, -0.2) is 4.79 Å². The fourth-order valence-corrected chi connectivity index (χ4v) is 3.02. The first-order chi connectivity index (χ1) is 12.6. The van der Waals surface area contributed by atoms with Crippen molar-refractivity contribution in [1.82, 2.24) is 15.1 Å². The molecule has 2 aromatic carbocycles. The summed E-state index contributed by atoms with van der Waals surface area (Å²) in [5.41, 5.74) is 2.10. The number of carbonyl (C=O) groups excluding carboxylic acids is 1. The monoisotopic (exact) mass is 354 g/mol. The molecule has 1 aliphatic heterocycles. The Morgan fingerprint density at radius 3 is 2.38 bits per heavy atom. The first kappa shape index (κ1) is 17.9. The second-order valence-corrected chi connectivity index (χ2v) is 6.33. The predicted octanol–water partition coefficient (Wildman–Crippen LogP) is 2.62. The molecule has 0 saturated carbocycles. The van der Waals surface area contributed by atoms with Gasteiger partial charge in [-0.15, -0.1) is 0 Å². The summed E-state index contributed by atoms with van der Waals surface area (Å²) in [6.07, 6.45) is 0. The van der Waals surface area contributed by atoms with Crippen LogP contribution in [0.15, 0.2) is 54.6 Å². The Balaban J connectivity index is 1.46. The lowest BCUT2D eigenvalue weighted by molar-refractivity contribution is -0.384. The highest BCUT2D eigenvalue weighted by Gasteiger charge is 2.21. The van der Waals surface area contributed by atoms with Crippen LogP contribution in [-0.4, -0.2) is 46.9 Å². The second kappa shape index (κ2) is 8.44. The molecule has 26 heavy (non-hydrogen) atoms. The molecule has 0 spiro atoms. The van der Waals surface area contributed by atoms with Gasteiger partial charge >= 0.3 is 6.03 Å². The standard InChI is InChI=1S/C19H22N4O3/c24-19(20-14-16-5-2-1-3-6-16)22-11-9-21(10-12-22)15-17-7-4-8-18(13-17)23(25)26/h1-8,13H,9-12,14-15H2,(H,20,24). The Kier molecular flexibility index (Phi) is 5.80. The molecule has 2 aromatic rings. The smallest absolute Gasteiger partial charge is 0.317 e. The van der Waals surface area contributed by atoms with Crippen LogP contribution in [0.4, 0.5) is 10.5 Å². The van der Waals surface area contributed by atoms with Crippen LogP contribution in [0.3, 0.4) is 0 Å². The number of nitro groups is 1. The number of amides is 2. The Morgan fingerprint density at radius 2 is 1.69 bits per heavy atom. The summed E-state index contributed by atoms with van der Waals surface area (Å²) in [6, 6.07) is 16.5. The molecule has 1 fully saturated rings. The van der Waals surface area contributed by atoms with E-state index in [9.17, 15) is 14.9 Å². The summed E-state index contributed by atoms with van der Waals surface area (Å²) in [5, 5.41) is 13.8. The number of non-ortho nitro benzene ring substituents is 1. The van der Waals surface area contributed by atoms with Crippen LogP contribution in [-0.2, 0) is 13.1 Å². The van der Waals surface area contributed by atoms with E-state index in [1.165, 1.54) is 6.07 Å². The summed E-state index contributed by atoms with van der Waals surface area (Å²) in [6.45, 7) is 3.97. The average molecular weight is 354 g/mol. The van der Waals surface area contributed by atoms with Crippen molar-refractivity contribution in [2.24, 2.45) is 0 Å². The molecule has 0 aliphatic carbocycles. The quantitative estimate of drug-likeness (QED) is 0.661. The van der Waals surface area contributed by atoms with Gasteiger partial charge in [-0.1, -0.05) is 42.5 Å². The summed E-state index contributed by atoms with van der Waals surface area (Å²) < 4.78 is 0. The molecule has 1 N–H and O–H groups in total. The summed E-state index contributed by atoms with van der Waals surface area (Å²) in [5.74, 6) is 0. The number of piperazine rings is 1.